The van der Waals surface area contributed by atoms with Crippen LogP contribution in [0.4, 0.5) is 11.4 Å². The van der Waals surface area contributed by atoms with E-state index in [1.165, 1.54) is 17.8 Å². The Hall–Kier alpha value is -2.62. The molecule has 0 aliphatic rings. The molecule has 0 saturated heterocycles. The summed E-state index contributed by atoms with van der Waals surface area (Å²) in [4.78, 5) is 12.6. The molecule has 0 spiro atoms. The zero-order valence-electron chi connectivity index (χ0n) is 13.0. The second-order valence-corrected chi connectivity index (χ2v) is 5.00. The monoisotopic (exact) mass is 296 g/mol. The van der Waals surface area contributed by atoms with Gasteiger partial charge in [-0.1, -0.05) is 18.7 Å². The molecule has 0 aromatic heterocycles. The average molecular weight is 296 g/mol. The highest BCUT2D eigenvalue weighted by Gasteiger charge is 2.08. The van der Waals surface area contributed by atoms with Gasteiger partial charge in [0.15, 0.2) is 0 Å². The van der Waals surface area contributed by atoms with Gasteiger partial charge in [0.2, 0.25) is 0 Å². The Labute approximate surface area is 130 Å². The van der Waals surface area contributed by atoms with Crippen LogP contribution in [-0.4, -0.2) is 18.0 Å². The fraction of sp³-hybridized carbons (Fsp3) is 0.222. The van der Waals surface area contributed by atoms with Gasteiger partial charge < -0.3 is 4.90 Å². The Balaban J connectivity index is 2.20. The Morgan fingerprint density at radius 1 is 1.00 bits per heavy atom. The summed E-state index contributed by atoms with van der Waals surface area (Å²) in [7, 11) is 0. The highest BCUT2D eigenvalue weighted by molar-refractivity contribution is 5.79. The molecule has 0 unspecified atom stereocenters. The number of non-ortho nitro benzene ring substituents is 1. The van der Waals surface area contributed by atoms with E-state index in [-0.39, 0.29) is 5.69 Å². The molecule has 0 fully saturated rings. The second kappa shape index (κ2) is 6.89. The Morgan fingerprint density at radius 2 is 1.45 bits per heavy atom. The van der Waals surface area contributed by atoms with E-state index < -0.39 is 4.92 Å². The van der Waals surface area contributed by atoms with Gasteiger partial charge in [-0.15, -0.1) is 0 Å². The number of anilines is 1. The minimum atomic E-state index is -0.397. The number of nitro benzene ring substituents is 1. The van der Waals surface area contributed by atoms with Gasteiger partial charge in [-0.3, -0.25) is 10.1 Å². The summed E-state index contributed by atoms with van der Waals surface area (Å²) in [6.07, 6.45) is 0. The van der Waals surface area contributed by atoms with Crippen molar-refractivity contribution in [3.8, 4) is 0 Å². The molecular weight excluding hydrogens is 276 g/mol. The fourth-order valence-electron chi connectivity index (χ4n) is 2.41. The van der Waals surface area contributed by atoms with Gasteiger partial charge in [0.25, 0.3) is 5.69 Å². The van der Waals surface area contributed by atoms with Crippen molar-refractivity contribution in [2.75, 3.05) is 18.0 Å². The van der Waals surface area contributed by atoms with Crippen LogP contribution in [0.15, 0.2) is 55.1 Å². The van der Waals surface area contributed by atoms with Crippen LogP contribution >= 0.6 is 0 Å². The first-order chi connectivity index (χ1) is 10.6. The number of nitrogens with zero attached hydrogens (tertiary/aromatic N) is 2. The lowest BCUT2D eigenvalue weighted by atomic mass is 9.99. The van der Waals surface area contributed by atoms with Crippen LogP contribution in [0, 0.1) is 10.1 Å². The average Bonchev–Trinajstić information content (AvgIpc) is 2.56. The van der Waals surface area contributed by atoms with Crippen molar-refractivity contribution in [3.05, 3.63) is 76.4 Å². The number of hydrogen-bond acceptors (Lipinski definition) is 3. The van der Waals surface area contributed by atoms with E-state index in [0.29, 0.717) is 0 Å². The molecular formula is C18H20N2O2. The lowest BCUT2D eigenvalue weighted by Gasteiger charge is -2.21. The summed E-state index contributed by atoms with van der Waals surface area (Å²) < 4.78 is 0. The highest BCUT2D eigenvalue weighted by atomic mass is 16.6. The van der Waals surface area contributed by atoms with Crippen molar-refractivity contribution in [1.29, 1.82) is 0 Å². The van der Waals surface area contributed by atoms with Crippen LogP contribution < -0.4 is 4.90 Å². The topological polar surface area (TPSA) is 46.4 Å². The first kappa shape index (κ1) is 15.8. The number of rotatable bonds is 6. The van der Waals surface area contributed by atoms with Crippen molar-refractivity contribution in [1.82, 2.24) is 0 Å². The molecule has 0 aliphatic carbocycles. The Bertz CT molecular complexity index is 656. The fourth-order valence-corrected chi connectivity index (χ4v) is 2.41. The smallest absolute Gasteiger partial charge is 0.269 e. The van der Waals surface area contributed by atoms with Gasteiger partial charge in [-0.25, -0.2) is 0 Å². The quantitative estimate of drug-likeness (QED) is 0.582. The Kier molecular flexibility index (Phi) is 4.94. The minimum Gasteiger partial charge on any atom is -0.372 e. The molecule has 4 nitrogen and oxygen atoms in total. The third-order valence-electron chi connectivity index (χ3n) is 3.77. The molecule has 0 N–H and O–H groups in total. The highest BCUT2D eigenvalue weighted by Crippen LogP contribution is 2.25. The summed E-state index contributed by atoms with van der Waals surface area (Å²) in [5.74, 6) is 0. The van der Waals surface area contributed by atoms with Crippen molar-refractivity contribution < 1.29 is 4.92 Å². The van der Waals surface area contributed by atoms with Gasteiger partial charge in [0.05, 0.1) is 4.92 Å². The van der Waals surface area contributed by atoms with Gasteiger partial charge in [-0.05, 0) is 54.8 Å². The van der Waals surface area contributed by atoms with Crippen LogP contribution in [0.5, 0.6) is 0 Å². The van der Waals surface area contributed by atoms with Crippen LogP contribution in [-0.2, 0) is 0 Å². The summed E-state index contributed by atoms with van der Waals surface area (Å²) in [6, 6.07) is 14.7. The van der Waals surface area contributed by atoms with Gasteiger partial charge >= 0.3 is 0 Å². The molecule has 4 heteroatoms. The van der Waals surface area contributed by atoms with Crippen molar-refractivity contribution >= 4 is 16.9 Å². The Morgan fingerprint density at radius 3 is 1.86 bits per heavy atom. The summed E-state index contributed by atoms with van der Waals surface area (Å²) in [6.45, 7) is 10.3. The van der Waals surface area contributed by atoms with Crippen LogP contribution in [0.3, 0.4) is 0 Å². The van der Waals surface area contributed by atoms with E-state index in [1.807, 2.05) is 12.1 Å². The molecule has 22 heavy (non-hydrogen) atoms. The third-order valence-corrected chi connectivity index (χ3v) is 3.77. The predicted molar refractivity (Wildman–Crippen MR) is 91.2 cm³/mol. The zero-order chi connectivity index (χ0) is 16.1. The molecule has 2 aromatic rings. The maximum Gasteiger partial charge on any atom is 0.269 e. The molecule has 0 heterocycles. The summed E-state index contributed by atoms with van der Waals surface area (Å²) in [5.41, 5.74) is 4.05. The second-order valence-electron chi connectivity index (χ2n) is 5.00. The lowest BCUT2D eigenvalue weighted by Crippen LogP contribution is -2.21. The molecule has 0 amide bonds. The SMILES string of the molecule is C=C(c1ccc(N(CC)CC)cc1)c1ccc([N+](=O)[O-])cc1. The van der Waals surface area contributed by atoms with Gasteiger partial charge in [-0.2, -0.15) is 0 Å². The van der Waals surface area contributed by atoms with Crippen molar-refractivity contribution in [2.24, 2.45) is 0 Å². The predicted octanol–water partition coefficient (Wildman–Crippen LogP) is 4.50. The van der Waals surface area contributed by atoms with Gasteiger partial charge in [0.1, 0.15) is 0 Å². The maximum absolute atomic E-state index is 10.7. The molecule has 114 valence electrons. The molecule has 0 atom stereocenters. The normalized spacial score (nSPS) is 10.3. The number of hydrogen-bond donors (Lipinski definition) is 0. The van der Waals surface area contributed by atoms with Gasteiger partial charge in [0, 0.05) is 30.9 Å². The van der Waals surface area contributed by atoms with E-state index in [1.54, 1.807) is 12.1 Å². The molecule has 2 rings (SSSR count). The van der Waals surface area contributed by atoms with E-state index in [9.17, 15) is 10.1 Å². The summed E-state index contributed by atoms with van der Waals surface area (Å²) in [5, 5.41) is 10.7. The van der Waals surface area contributed by atoms with E-state index in [0.717, 1.165) is 29.8 Å². The molecule has 0 saturated carbocycles. The molecule has 0 aliphatic heterocycles. The minimum absolute atomic E-state index is 0.0911. The third kappa shape index (κ3) is 3.34. The van der Waals surface area contributed by atoms with E-state index in [2.05, 4.69) is 37.5 Å². The molecule has 0 radical (unpaired) electrons. The van der Waals surface area contributed by atoms with Crippen LogP contribution in [0.1, 0.15) is 25.0 Å². The van der Waals surface area contributed by atoms with Crippen molar-refractivity contribution in [3.63, 3.8) is 0 Å². The summed E-state index contributed by atoms with van der Waals surface area (Å²) >= 11 is 0. The van der Waals surface area contributed by atoms with E-state index >= 15 is 0 Å². The number of nitro groups is 1. The first-order valence-electron chi connectivity index (χ1n) is 7.36. The standard InChI is InChI=1S/C18H20N2O2/c1-4-19(5-2)17-10-6-15(7-11-17)14(3)16-8-12-18(13-9-16)20(21)22/h6-13H,3-5H2,1-2H3. The van der Waals surface area contributed by atoms with Crippen LogP contribution in [0.2, 0.25) is 0 Å². The lowest BCUT2D eigenvalue weighted by molar-refractivity contribution is -0.384. The largest absolute Gasteiger partial charge is 0.372 e. The zero-order valence-corrected chi connectivity index (χ0v) is 13.0. The molecule has 0 bridgehead atoms. The van der Waals surface area contributed by atoms with Crippen molar-refractivity contribution in [2.45, 2.75) is 13.8 Å². The first-order valence-corrected chi connectivity index (χ1v) is 7.36. The number of benzene rings is 2. The van der Waals surface area contributed by atoms with Crippen LogP contribution in [0.25, 0.3) is 5.57 Å². The molecule has 2 aromatic carbocycles. The maximum atomic E-state index is 10.7. The van der Waals surface area contributed by atoms with E-state index in [4.69, 9.17) is 0 Å².